The molecule has 3 aromatic heterocycles. The number of fused-ring (bicyclic) bond motifs is 2. The number of hydrogen-bond donors (Lipinski definition) is 4. The van der Waals surface area contributed by atoms with Gasteiger partial charge in [0.15, 0.2) is 0 Å². The highest BCUT2D eigenvalue weighted by Crippen LogP contribution is 2.38. The Hall–Kier alpha value is -3.27. The lowest BCUT2D eigenvalue weighted by atomic mass is 9.96. The molecule has 9 heteroatoms. The standard InChI is InChI=1S/C24H26N6O3/c1-13-16-4-7-30(24(16)27-12-26-13)19-10-21(23(32)22(19)31)33-20-9-15(18-3-6-28-29-18)8-14-2-5-25-11-17(14)20/h3-4,6-9,12,19,21-23,25,31-32H,2,5,10-11H2,1H3,(H,28,29). The van der Waals surface area contributed by atoms with Crippen LogP contribution in [0.2, 0.25) is 0 Å². The molecule has 0 bridgehead atoms. The number of aliphatic hydroxyl groups excluding tert-OH is 2. The lowest BCUT2D eigenvalue weighted by Crippen LogP contribution is -2.34. The molecule has 4 N–H and O–H groups in total. The summed E-state index contributed by atoms with van der Waals surface area (Å²) in [5, 5.41) is 33.3. The first-order valence-corrected chi connectivity index (χ1v) is 11.3. The third-order valence-electron chi connectivity index (χ3n) is 6.93. The molecule has 9 nitrogen and oxygen atoms in total. The predicted octanol–water partition coefficient (Wildman–Crippen LogP) is 1.89. The zero-order valence-corrected chi connectivity index (χ0v) is 18.3. The van der Waals surface area contributed by atoms with Crippen molar-refractivity contribution >= 4 is 11.0 Å². The van der Waals surface area contributed by atoms with E-state index in [1.165, 1.54) is 11.9 Å². The van der Waals surface area contributed by atoms with Crippen molar-refractivity contribution in [3.63, 3.8) is 0 Å². The van der Waals surface area contributed by atoms with Gasteiger partial charge in [-0.1, -0.05) is 0 Å². The molecule has 4 unspecified atom stereocenters. The van der Waals surface area contributed by atoms with E-state index in [1.807, 2.05) is 35.9 Å². The van der Waals surface area contributed by atoms with Crippen LogP contribution in [-0.4, -0.2) is 59.8 Å². The molecule has 1 aliphatic heterocycles. The second-order valence-electron chi connectivity index (χ2n) is 8.87. The van der Waals surface area contributed by atoms with Gasteiger partial charge < -0.3 is 24.8 Å². The normalized spacial score (nSPS) is 24.8. The molecule has 6 rings (SSSR count). The van der Waals surface area contributed by atoms with Gasteiger partial charge in [0.05, 0.1) is 17.4 Å². The number of rotatable bonds is 4. The Balaban J connectivity index is 1.33. The molecular weight excluding hydrogens is 420 g/mol. The van der Waals surface area contributed by atoms with Crippen LogP contribution in [0.3, 0.4) is 0 Å². The molecule has 170 valence electrons. The van der Waals surface area contributed by atoms with E-state index in [9.17, 15) is 10.2 Å². The lowest BCUT2D eigenvalue weighted by molar-refractivity contribution is -0.0166. The highest BCUT2D eigenvalue weighted by atomic mass is 16.5. The van der Waals surface area contributed by atoms with Crippen molar-refractivity contribution in [2.24, 2.45) is 0 Å². The van der Waals surface area contributed by atoms with Crippen LogP contribution in [-0.2, 0) is 13.0 Å². The van der Waals surface area contributed by atoms with Crippen molar-refractivity contribution in [2.75, 3.05) is 6.54 Å². The van der Waals surface area contributed by atoms with Crippen LogP contribution in [0.25, 0.3) is 22.3 Å². The van der Waals surface area contributed by atoms with E-state index in [4.69, 9.17) is 4.74 Å². The third kappa shape index (κ3) is 3.40. The van der Waals surface area contributed by atoms with Crippen molar-refractivity contribution in [3.05, 3.63) is 59.8 Å². The zero-order valence-electron chi connectivity index (χ0n) is 18.3. The van der Waals surface area contributed by atoms with Gasteiger partial charge >= 0.3 is 0 Å². The molecular formula is C24H26N6O3. The van der Waals surface area contributed by atoms with Crippen LogP contribution < -0.4 is 10.1 Å². The average molecular weight is 447 g/mol. The summed E-state index contributed by atoms with van der Waals surface area (Å²) in [6.45, 7) is 3.55. The summed E-state index contributed by atoms with van der Waals surface area (Å²) in [6, 6.07) is 7.70. The van der Waals surface area contributed by atoms with Crippen molar-refractivity contribution in [2.45, 2.75) is 50.7 Å². The van der Waals surface area contributed by atoms with Gasteiger partial charge in [0, 0.05) is 41.9 Å². The number of nitrogens with one attached hydrogen (secondary N) is 2. The summed E-state index contributed by atoms with van der Waals surface area (Å²) in [4.78, 5) is 8.66. The van der Waals surface area contributed by atoms with Gasteiger partial charge in [0.25, 0.3) is 0 Å². The molecule has 0 amide bonds. The fourth-order valence-corrected chi connectivity index (χ4v) is 5.13. The Kier molecular flexibility index (Phi) is 4.90. The van der Waals surface area contributed by atoms with E-state index in [2.05, 4.69) is 31.5 Å². The molecule has 0 spiro atoms. The summed E-state index contributed by atoms with van der Waals surface area (Å²) in [6.07, 6.45) is 4.00. The summed E-state index contributed by atoms with van der Waals surface area (Å²) in [5.74, 6) is 0.733. The van der Waals surface area contributed by atoms with Crippen LogP contribution in [0.4, 0.5) is 0 Å². The van der Waals surface area contributed by atoms with E-state index in [-0.39, 0.29) is 6.04 Å². The number of ether oxygens (including phenoxy) is 1. The van der Waals surface area contributed by atoms with Crippen LogP contribution in [0.1, 0.15) is 29.3 Å². The topological polar surface area (TPSA) is 121 Å². The van der Waals surface area contributed by atoms with Gasteiger partial charge in [-0.15, -0.1) is 0 Å². The van der Waals surface area contributed by atoms with E-state index < -0.39 is 18.3 Å². The van der Waals surface area contributed by atoms with Crippen LogP contribution >= 0.6 is 0 Å². The summed E-state index contributed by atoms with van der Waals surface area (Å²) < 4.78 is 8.36. The van der Waals surface area contributed by atoms with E-state index in [0.29, 0.717) is 13.0 Å². The van der Waals surface area contributed by atoms with E-state index in [1.54, 1.807) is 6.20 Å². The zero-order chi connectivity index (χ0) is 22.5. The fourth-order valence-electron chi connectivity index (χ4n) is 5.13. The Labute approximate surface area is 190 Å². The average Bonchev–Trinajstić information content (AvgIpc) is 3.56. The molecule has 33 heavy (non-hydrogen) atoms. The largest absolute Gasteiger partial charge is 0.487 e. The third-order valence-corrected chi connectivity index (χ3v) is 6.93. The summed E-state index contributed by atoms with van der Waals surface area (Å²) in [7, 11) is 0. The number of aryl methyl sites for hydroxylation is 1. The minimum atomic E-state index is -1.02. The highest BCUT2D eigenvalue weighted by Gasteiger charge is 2.44. The summed E-state index contributed by atoms with van der Waals surface area (Å²) >= 11 is 0. The van der Waals surface area contributed by atoms with Crippen LogP contribution in [0, 0.1) is 6.92 Å². The first kappa shape index (κ1) is 20.3. The van der Waals surface area contributed by atoms with Crippen molar-refractivity contribution < 1.29 is 14.9 Å². The number of benzene rings is 1. The Morgan fingerprint density at radius 3 is 2.91 bits per heavy atom. The lowest BCUT2D eigenvalue weighted by Gasteiger charge is -2.25. The number of aromatic amines is 1. The fraction of sp³-hybridized carbons (Fsp3) is 0.375. The molecule has 4 heterocycles. The smallest absolute Gasteiger partial charge is 0.143 e. The SMILES string of the molecule is Cc1ncnc2c1ccn2C1CC(Oc2cc(-c3ccn[nH]3)cc3c2CNCC3)C(O)C1O. The van der Waals surface area contributed by atoms with Gasteiger partial charge in [0.2, 0.25) is 0 Å². The molecule has 0 radical (unpaired) electrons. The van der Waals surface area contributed by atoms with Crippen molar-refractivity contribution in [1.82, 2.24) is 30.0 Å². The Morgan fingerprint density at radius 2 is 2.06 bits per heavy atom. The number of H-pyrrole nitrogens is 1. The molecule has 4 atom stereocenters. The monoisotopic (exact) mass is 446 g/mol. The number of aromatic nitrogens is 5. The van der Waals surface area contributed by atoms with Crippen molar-refractivity contribution in [3.8, 4) is 17.0 Å². The van der Waals surface area contributed by atoms with Gasteiger partial charge in [-0.3, -0.25) is 5.10 Å². The van der Waals surface area contributed by atoms with E-state index in [0.717, 1.165) is 52.3 Å². The van der Waals surface area contributed by atoms with E-state index >= 15 is 0 Å². The molecule has 1 aliphatic carbocycles. The molecule has 4 aromatic rings. The maximum absolute atomic E-state index is 10.9. The van der Waals surface area contributed by atoms with Crippen molar-refractivity contribution in [1.29, 1.82) is 0 Å². The Bertz CT molecular complexity index is 1300. The quantitative estimate of drug-likeness (QED) is 0.378. The number of nitrogens with zero attached hydrogens (tertiary/aromatic N) is 4. The Morgan fingerprint density at radius 1 is 1.15 bits per heavy atom. The van der Waals surface area contributed by atoms with Gasteiger partial charge in [-0.05, 0) is 49.7 Å². The predicted molar refractivity (Wildman–Crippen MR) is 122 cm³/mol. The second-order valence-corrected chi connectivity index (χ2v) is 8.87. The molecule has 0 saturated heterocycles. The molecule has 1 aromatic carbocycles. The maximum Gasteiger partial charge on any atom is 0.143 e. The number of hydrogen-bond acceptors (Lipinski definition) is 7. The van der Waals surface area contributed by atoms with Crippen LogP contribution in [0.15, 0.2) is 43.0 Å². The highest BCUT2D eigenvalue weighted by molar-refractivity contribution is 5.78. The minimum absolute atomic E-state index is 0.346. The van der Waals surface area contributed by atoms with Gasteiger partial charge in [-0.25, -0.2) is 9.97 Å². The van der Waals surface area contributed by atoms with Gasteiger partial charge in [0.1, 0.15) is 36.0 Å². The first-order valence-electron chi connectivity index (χ1n) is 11.3. The first-order chi connectivity index (χ1) is 16.1. The molecule has 1 fully saturated rings. The second kappa shape index (κ2) is 7.95. The molecule has 1 saturated carbocycles. The minimum Gasteiger partial charge on any atom is -0.487 e. The number of aliphatic hydroxyl groups is 2. The van der Waals surface area contributed by atoms with Gasteiger partial charge in [-0.2, -0.15) is 5.10 Å². The maximum atomic E-state index is 10.9. The molecule has 2 aliphatic rings. The van der Waals surface area contributed by atoms with Crippen LogP contribution in [0.5, 0.6) is 5.75 Å². The summed E-state index contributed by atoms with van der Waals surface area (Å²) in [5.41, 5.74) is 5.88.